The van der Waals surface area contributed by atoms with Gasteiger partial charge in [-0.15, -0.1) is 0 Å². The summed E-state index contributed by atoms with van der Waals surface area (Å²) in [6, 6.07) is 4.04. The van der Waals surface area contributed by atoms with Gasteiger partial charge in [-0.25, -0.2) is 0 Å². The van der Waals surface area contributed by atoms with Crippen LogP contribution in [-0.2, 0) is 0 Å². The number of rotatable bonds is 1. The first-order valence-electron chi connectivity index (χ1n) is 4.59. The van der Waals surface area contributed by atoms with E-state index >= 15 is 0 Å². The molecular formula is C11H18N2. The van der Waals surface area contributed by atoms with Crippen molar-refractivity contribution in [2.45, 2.75) is 33.7 Å². The zero-order chi connectivity index (χ0) is 10.1. The number of hydrogen-bond donors (Lipinski definition) is 1. The molecule has 1 heterocycles. The Hall–Kier alpha value is -0.890. The summed E-state index contributed by atoms with van der Waals surface area (Å²) < 4.78 is 0. The van der Waals surface area contributed by atoms with Crippen LogP contribution in [0.2, 0.25) is 0 Å². The fourth-order valence-electron chi connectivity index (χ4n) is 1.17. The smallest absolute Gasteiger partial charge is 0.0578 e. The first kappa shape index (κ1) is 10.2. The zero-order valence-corrected chi connectivity index (χ0v) is 8.83. The topological polar surface area (TPSA) is 38.9 Å². The minimum Gasteiger partial charge on any atom is -0.322 e. The summed E-state index contributed by atoms with van der Waals surface area (Å²) >= 11 is 0. The molecule has 0 radical (unpaired) electrons. The van der Waals surface area contributed by atoms with Gasteiger partial charge in [0.2, 0.25) is 0 Å². The predicted molar refractivity (Wildman–Crippen MR) is 55.4 cm³/mol. The van der Waals surface area contributed by atoms with Crippen LogP contribution in [0.1, 0.15) is 38.1 Å². The molecule has 1 unspecified atom stereocenters. The molecular weight excluding hydrogens is 160 g/mol. The summed E-state index contributed by atoms with van der Waals surface area (Å²) in [7, 11) is 0. The maximum absolute atomic E-state index is 6.08. The van der Waals surface area contributed by atoms with Crippen molar-refractivity contribution in [2.24, 2.45) is 11.1 Å². The van der Waals surface area contributed by atoms with Crippen molar-refractivity contribution in [3.63, 3.8) is 0 Å². The summed E-state index contributed by atoms with van der Waals surface area (Å²) in [6.45, 7) is 8.44. The molecule has 1 aromatic heterocycles. The fraction of sp³-hybridized carbons (Fsp3) is 0.545. The maximum atomic E-state index is 6.08. The maximum Gasteiger partial charge on any atom is 0.0578 e. The van der Waals surface area contributed by atoms with Gasteiger partial charge in [-0.3, -0.25) is 4.98 Å². The van der Waals surface area contributed by atoms with Crippen LogP contribution < -0.4 is 5.73 Å². The lowest BCUT2D eigenvalue weighted by atomic mass is 9.85. The molecule has 0 spiro atoms. The van der Waals surface area contributed by atoms with Gasteiger partial charge in [0.25, 0.3) is 0 Å². The third kappa shape index (κ3) is 2.52. The van der Waals surface area contributed by atoms with Gasteiger partial charge in [-0.1, -0.05) is 20.8 Å². The van der Waals surface area contributed by atoms with Crippen molar-refractivity contribution in [1.29, 1.82) is 0 Å². The van der Waals surface area contributed by atoms with Crippen LogP contribution in [0.25, 0.3) is 0 Å². The number of nitrogens with zero attached hydrogens (tertiary/aromatic N) is 1. The summed E-state index contributed by atoms with van der Waals surface area (Å²) in [5, 5.41) is 0. The Labute approximate surface area is 80.2 Å². The van der Waals surface area contributed by atoms with Gasteiger partial charge >= 0.3 is 0 Å². The Morgan fingerprint density at radius 2 is 2.00 bits per heavy atom. The second-order valence-corrected chi connectivity index (χ2v) is 4.60. The van der Waals surface area contributed by atoms with E-state index < -0.39 is 0 Å². The lowest BCUT2D eigenvalue weighted by Crippen LogP contribution is -2.27. The first-order chi connectivity index (χ1) is 5.91. The van der Waals surface area contributed by atoms with Crippen LogP contribution in [0.4, 0.5) is 0 Å². The highest BCUT2D eigenvalue weighted by Crippen LogP contribution is 2.29. The monoisotopic (exact) mass is 178 g/mol. The SMILES string of the molecule is Cc1ccnc(C(N)C(C)(C)C)c1. The molecule has 0 aliphatic heterocycles. The number of pyridine rings is 1. The van der Waals surface area contributed by atoms with Crippen LogP contribution in [0.3, 0.4) is 0 Å². The quantitative estimate of drug-likeness (QED) is 0.717. The first-order valence-corrected chi connectivity index (χ1v) is 4.59. The Balaban J connectivity index is 2.96. The van der Waals surface area contributed by atoms with Crippen LogP contribution >= 0.6 is 0 Å². The Morgan fingerprint density at radius 3 is 2.46 bits per heavy atom. The summed E-state index contributed by atoms with van der Waals surface area (Å²) in [4.78, 5) is 4.28. The van der Waals surface area contributed by atoms with Gasteiger partial charge in [0.15, 0.2) is 0 Å². The average Bonchev–Trinajstić information content (AvgIpc) is 2.01. The highest BCUT2D eigenvalue weighted by atomic mass is 14.8. The zero-order valence-electron chi connectivity index (χ0n) is 8.83. The van der Waals surface area contributed by atoms with Gasteiger partial charge in [0.1, 0.15) is 0 Å². The van der Waals surface area contributed by atoms with Gasteiger partial charge in [0.05, 0.1) is 11.7 Å². The van der Waals surface area contributed by atoms with Crippen LogP contribution in [0.5, 0.6) is 0 Å². The summed E-state index contributed by atoms with van der Waals surface area (Å²) in [6.07, 6.45) is 1.82. The van der Waals surface area contributed by atoms with Crippen molar-refractivity contribution in [1.82, 2.24) is 4.98 Å². The normalized spacial score (nSPS) is 14.2. The van der Waals surface area contributed by atoms with Crippen LogP contribution in [0, 0.1) is 12.3 Å². The minimum absolute atomic E-state index is 0.00685. The second-order valence-electron chi connectivity index (χ2n) is 4.60. The molecule has 1 rings (SSSR count). The van der Waals surface area contributed by atoms with E-state index in [1.54, 1.807) is 0 Å². The molecule has 0 saturated carbocycles. The largest absolute Gasteiger partial charge is 0.322 e. The molecule has 0 aliphatic carbocycles. The van der Waals surface area contributed by atoms with E-state index in [0.717, 1.165) is 5.69 Å². The number of aryl methyl sites for hydroxylation is 1. The Bertz CT molecular complexity index is 286. The Kier molecular flexibility index (Phi) is 2.71. The average molecular weight is 178 g/mol. The lowest BCUT2D eigenvalue weighted by molar-refractivity contribution is 0.321. The molecule has 2 nitrogen and oxygen atoms in total. The number of aromatic nitrogens is 1. The molecule has 72 valence electrons. The summed E-state index contributed by atoms with van der Waals surface area (Å²) in [5.74, 6) is 0. The molecule has 0 aliphatic rings. The van der Waals surface area contributed by atoms with Gasteiger partial charge in [-0.2, -0.15) is 0 Å². The second kappa shape index (κ2) is 3.46. The van der Waals surface area contributed by atoms with Gasteiger partial charge in [0, 0.05) is 6.20 Å². The van der Waals surface area contributed by atoms with E-state index in [-0.39, 0.29) is 11.5 Å². The van der Waals surface area contributed by atoms with Crippen molar-refractivity contribution < 1.29 is 0 Å². The van der Waals surface area contributed by atoms with E-state index in [0.29, 0.717) is 0 Å². The third-order valence-electron chi connectivity index (χ3n) is 2.19. The molecule has 1 aromatic rings. The molecule has 1 atom stereocenters. The molecule has 0 amide bonds. The third-order valence-corrected chi connectivity index (χ3v) is 2.19. The van der Waals surface area contributed by atoms with E-state index in [9.17, 15) is 0 Å². The van der Waals surface area contributed by atoms with Gasteiger partial charge in [-0.05, 0) is 30.0 Å². The van der Waals surface area contributed by atoms with Crippen molar-refractivity contribution in [2.75, 3.05) is 0 Å². The number of hydrogen-bond acceptors (Lipinski definition) is 2. The van der Waals surface area contributed by atoms with Gasteiger partial charge < -0.3 is 5.73 Å². The molecule has 2 N–H and O–H groups in total. The molecule has 0 saturated heterocycles. The molecule has 2 heteroatoms. The molecule has 13 heavy (non-hydrogen) atoms. The van der Waals surface area contributed by atoms with E-state index in [1.165, 1.54) is 5.56 Å². The lowest BCUT2D eigenvalue weighted by Gasteiger charge is -2.26. The standard InChI is InChI=1S/C11H18N2/c1-8-5-6-13-9(7-8)10(12)11(2,3)4/h5-7,10H,12H2,1-4H3. The Morgan fingerprint density at radius 1 is 1.38 bits per heavy atom. The van der Waals surface area contributed by atoms with Crippen molar-refractivity contribution >= 4 is 0 Å². The molecule has 0 fully saturated rings. The molecule has 0 bridgehead atoms. The van der Waals surface area contributed by atoms with Crippen LogP contribution in [-0.4, -0.2) is 4.98 Å². The number of nitrogens with two attached hydrogens (primary N) is 1. The minimum atomic E-state index is 0.00685. The van der Waals surface area contributed by atoms with Crippen molar-refractivity contribution in [3.8, 4) is 0 Å². The highest BCUT2D eigenvalue weighted by molar-refractivity contribution is 5.18. The summed E-state index contributed by atoms with van der Waals surface area (Å²) in [5.41, 5.74) is 8.34. The fourth-order valence-corrected chi connectivity index (χ4v) is 1.17. The molecule has 0 aromatic carbocycles. The van der Waals surface area contributed by atoms with Crippen LogP contribution in [0.15, 0.2) is 18.3 Å². The highest BCUT2D eigenvalue weighted by Gasteiger charge is 2.23. The van der Waals surface area contributed by atoms with E-state index in [4.69, 9.17) is 5.73 Å². The van der Waals surface area contributed by atoms with E-state index in [2.05, 4.69) is 38.7 Å². The predicted octanol–water partition coefficient (Wildman–Crippen LogP) is 2.44. The van der Waals surface area contributed by atoms with E-state index in [1.807, 2.05) is 12.3 Å². The van der Waals surface area contributed by atoms with Crippen molar-refractivity contribution in [3.05, 3.63) is 29.6 Å².